The van der Waals surface area contributed by atoms with E-state index >= 15 is 0 Å². The first-order valence-corrected chi connectivity index (χ1v) is 6.46. The van der Waals surface area contributed by atoms with E-state index in [1.807, 2.05) is 20.8 Å². The Kier molecular flexibility index (Phi) is 3.25. The van der Waals surface area contributed by atoms with Crippen molar-refractivity contribution in [2.45, 2.75) is 39.2 Å². The van der Waals surface area contributed by atoms with Crippen LogP contribution in [-0.4, -0.2) is 40.8 Å². The Morgan fingerprint density at radius 1 is 1.28 bits per heavy atom. The highest BCUT2D eigenvalue weighted by Crippen LogP contribution is 2.47. The van der Waals surface area contributed by atoms with E-state index in [9.17, 15) is 9.59 Å². The highest BCUT2D eigenvalue weighted by molar-refractivity contribution is 5.69. The van der Waals surface area contributed by atoms with Crippen molar-refractivity contribution in [1.29, 1.82) is 0 Å². The summed E-state index contributed by atoms with van der Waals surface area (Å²) in [7, 11) is 0. The van der Waals surface area contributed by atoms with E-state index < -0.39 is 11.6 Å². The molecule has 102 valence electrons. The molecule has 0 aromatic heterocycles. The lowest BCUT2D eigenvalue weighted by Crippen LogP contribution is -2.57. The number of fused-ring (bicyclic) bond motifs is 2. The molecule has 1 N–H and O–H groups in total. The minimum Gasteiger partial charge on any atom is -0.481 e. The Labute approximate surface area is 107 Å². The first-order valence-electron chi connectivity index (χ1n) is 6.46. The third-order valence-corrected chi connectivity index (χ3v) is 3.79. The van der Waals surface area contributed by atoms with Crippen LogP contribution in [0.3, 0.4) is 0 Å². The maximum atomic E-state index is 11.9. The van der Waals surface area contributed by atoms with Crippen LogP contribution < -0.4 is 0 Å². The van der Waals surface area contributed by atoms with Crippen LogP contribution in [0.2, 0.25) is 0 Å². The summed E-state index contributed by atoms with van der Waals surface area (Å²) in [6, 6.07) is 0. The molecule has 2 unspecified atom stereocenters. The Morgan fingerprint density at radius 3 is 2.28 bits per heavy atom. The maximum absolute atomic E-state index is 11.9. The number of nitrogens with zero attached hydrogens (tertiary/aromatic N) is 1. The number of hydrogen-bond donors (Lipinski definition) is 1. The predicted octanol–water partition coefficient (Wildman–Crippen LogP) is 1.96. The van der Waals surface area contributed by atoms with E-state index in [0.29, 0.717) is 24.9 Å². The largest absolute Gasteiger partial charge is 0.481 e. The van der Waals surface area contributed by atoms with Gasteiger partial charge in [-0.25, -0.2) is 4.79 Å². The summed E-state index contributed by atoms with van der Waals surface area (Å²) in [6.45, 7) is 6.83. The number of ether oxygens (including phenoxy) is 1. The van der Waals surface area contributed by atoms with Crippen LogP contribution in [0.1, 0.15) is 33.6 Å². The molecular formula is C13H21NO4. The lowest BCUT2D eigenvalue weighted by Gasteiger charge is -2.53. The Bertz CT molecular complexity index is 348. The fourth-order valence-corrected chi connectivity index (χ4v) is 3.00. The number of amides is 1. The second kappa shape index (κ2) is 4.44. The van der Waals surface area contributed by atoms with Crippen LogP contribution in [-0.2, 0) is 9.53 Å². The monoisotopic (exact) mass is 255 g/mol. The zero-order valence-corrected chi connectivity index (χ0v) is 11.2. The average Bonchev–Trinajstić information content (AvgIpc) is 2.23. The summed E-state index contributed by atoms with van der Waals surface area (Å²) >= 11 is 0. The smallest absolute Gasteiger partial charge is 0.410 e. The van der Waals surface area contributed by atoms with E-state index in [-0.39, 0.29) is 18.4 Å². The van der Waals surface area contributed by atoms with Gasteiger partial charge in [0.2, 0.25) is 0 Å². The number of aliphatic carboxylic acids is 1. The van der Waals surface area contributed by atoms with Gasteiger partial charge < -0.3 is 14.7 Å². The number of carbonyl (C=O) groups excluding carboxylic acids is 1. The van der Waals surface area contributed by atoms with E-state index in [2.05, 4.69) is 0 Å². The summed E-state index contributed by atoms with van der Waals surface area (Å²) in [6.07, 6.45) is 1.01. The SMILES string of the molecule is CC(C)(C)OC(=O)N1CC2CC(C1)C2CC(=O)O. The molecule has 2 heterocycles. The molecule has 1 aliphatic carbocycles. The van der Waals surface area contributed by atoms with Crippen LogP contribution in [0.25, 0.3) is 0 Å². The van der Waals surface area contributed by atoms with Crippen LogP contribution in [0.4, 0.5) is 4.79 Å². The van der Waals surface area contributed by atoms with Crippen LogP contribution >= 0.6 is 0 Å². The lowest BCUT2D eigenvalue weighted by atomic mass is 9.60. The molecule has 5 heteroatoms. The molecule has 3 fully saturated rings. The summed E-state index contributed by atoms with van der Waals surface area (Å²) in [5, 5.41) is 8.83. The van der Waals surface area contributed by atoms with Crippen molar-refractivity contribution < 1.29 is 19.4 Å². The van der Waals surface area contributed by atoms with E-state index in [1.54, 1.807) is 4.90 Å². The summed E-state index contributed by atoms with van der Waals surface area (Å²) in [5.74, 6) is 0.196. The van der Waals surface area contributed by atoms with Crippen molar-refractivity contribution in [1.82, 2.24) is 4.90 Å². The van der Waals surface area contributed by atoms with Gasteiger partial charge in [-0.3, -0.25) is 4.79 Å². The quantitative estimate of drug-likeness (QED) is 0.819. The van der Waals surface area contributed by atoms with Gasteiger partial charge in [0.25, 0.3) is 0 Å². The summed E-state index contributed by atoms with van der Waals surface area (Å²) < 4.78 is 5.33. The molecule has 0 aromatic rings. The first-order chi connectivity index (χ1) is 8.26. The molecule has 2 aliphatic heterocycles. The van der Waals surface area contributed by atoms with Crippen molar-refractivity contribution >= 4 is 12.1 Å². The molecule has 2 saturated heterocycles. The number of hydrogen-bond acceptors (Lipinski definition) is 3. The molecule has 18 heavy (non-hydrogen) atoms. The minimum atomic E-state index is -0.736. The van der Waals surface area contributed by atoms with Gasteiger partial charge in [-0.05, 0) is 44.9 Å². The van der Waals surface area contributed by atoms with Gasteiger partial charge in [-0.1, -0.05) is 0 Å². The van der Waals surface area contributed by atoms with Gasteiger partial charge in [0, 0.05) is 19.5 Å². The van der Waals surface area contributed by atoms with Crippen LogP contribution in [0, 0.1) is 17.8 Å². The molecule has 2 bridgehead atoms. The molecule has 2 atom stereocenters. The molecule has 5 nitrogen and oxygen atoms in total. The lowest BCUT2D eigenvalue weighted by molar-refractivity contribution is -0.143. The van der Waals surface area contributed by atoms with Crippen LogP contribution in [0.15, 0.2) is 0 Å². The topological polar surface area (TPSA) is 66.8 Å². The summed E-state index contributed by atoms with van der Waals surface area (Å²) in [5.41, 5.74) is -0.473. The molecule has 1 amide bonds. The molecule has 0 aromatic carbocycles. The molecule has 3 aliphatic rings. The van der Waals surface area contributed by atoms with Gasteiger partial charge in [0.15, 0.2) is 0 Å². The van der Waals surface area contributed by atoms with Gasteiger partial charge in [0.05, 0.1) is 0 Å². The van der Waals surface area contributed by atoms with Crippen LogP contribution in [0.5, 0.6) is 0 Å². The third-order valence-electron chi connectivity index (χ3n) is 3.79. The zero-order valence-electron chi connectivity index (χ0n) is 11.2. The first kappa shape index (κ1) is 13.2. The number of rotatable bonds is 2. The number of carbonyl (C=O) groups is 2. The molecular weight excluding hydrogens is 234 g/mol. The van der Waals surface area contributed by atoms with Gasteiger partial charge in [-0.2, -0.15) is 0 Å². The van der Waals surface area contributed by atoms with Crippen molar-refractivity contribution in [2.24, 2.45) is 17.8 Å². The van der Waals surface area contributed by atoms with Gasteiger partial charge >= 0.3 is 12.1 Å². The standard InChI is InChI=1S/C13H21NO4/c1-13(2,3)18-12(17)14-6-8-4-9(7-14)10(8)5-11(15)16/h8-10H,4-7H2,1-3H3,(H,15,16). The predicted molar refractivity (Wildman–Crippen MR) is 65.1 cm³/mol. The second-order valence-electron chi connectivity index (χ2n) is 6.40. The number of piperidine rings is 2. The average molecular weight is 255 g/mol. The Morgan fingerprint density at radius 2 is 1.83 bits per heavy atom. The fraction of sp³-hybridized carbons (Fsp3) is 0.846. The van der Waals surface area contributed by atoms with E-state index in [0.717, 1.165) is 6.42 Å². The highest BCUT2D eigenvalue weighted by Gasteiger charge is 2.48. The van der Waals surface area contributed by atoms with Crippen molar-refractivity contribution in [3.05, 3.63) is 0 Å². The highest BCUT2D eigenvalue weighted by atomic mass is 16.6. The Balaban J connectivity index is 1.87. The zero-order chi connectivity index (χ0) is 13.5. The normalized spacial score (nSPS) is 30.6. The molecule has 1 saturated carbocycles. The van der Waals surface area contributed by atoms with E-state index in [1.165, 1.54) is 0 Å². The third kappa shape index (κ3) is 2.76. The van der Waals surface area contributed by atoms with E-state index in [4.69, 9.17) is 9.84 Å². The van der Waals surface area contributed by atoms with Gasteiger partial charge in [-0.15, -0.1) is 0 Å². The molecule has 0 radical (unpaired) electrons. The fourth-order valence-electron chi connectivity index (χ4n) is 3.00. The molecule has 0 spiro atoms. The molecule has 3 rings (SSSR count). The maximum Gasteiger partial charge on any atom is 0.410 e. The Hall–Kier alpha value is -1.26. The summed E-state index contributed by atoms with van der Waals surface area (Å²) in [4.78, 5) is 24.4. The minimum absolute atomic E-state index is 0.234. The van der Waals surface area contributed by atoms with Gasteiger partial charge in [0.1, 0.15) is 5.60 Å². The second-order valence-corrected chi connectivity index (χ2v) is 6.40. The number of carboxylic acid groups (broad SMARTS) is 1. The van der Waals surface area contributed by atoms with Crippen molar-refractivity contribution in [3.8, 4) is 0 Å². The van der Waals surface area contributed by atoms with Crippen molar-refractivity contribution in [3.63, 3.8) is 0 Å². The van der Waals surface area contributed by atoms with Crippen molar-refractivity contribution in [2.75, 3.05) is 13.1 Å². The number of carboxylic acids is 1.